The molecule has 0 aliphatic carbocycles. The number of nitrogens with one attached hydrogen (secondary N) is 1. The Kier molecular flexibility index (Phi) is 5.42. The van der Waals surface area contributed by atoms with Crippen LogP contribution in [0.2, 0.25) is 0 Å². The van der Waals surface area contributed by atoms with Crippen LogP contribution in [0.15, 0.2) is 18.2 Å². The van der Waals surface area contributed by atoms with E-state index in [1.807, 2.05) is 17.7 Å². The fraction of sp³-hybridized carbons (Fsp3) is 0.500. The van der Waals surface area contributed by atoms with Gasteiger partial charge in [0.05, 0.1) is 12.2 Å². The average Bonchev–Trinajstić information content (AvgIpc) is 2.68. The predicted molar refractivity (Wildman–Crippen MR) is 67.6 cm³/mol. The van der Waals surface area contributed by atoms with E-state index in [9.17, 15) is 4.79 Å². The average molecular weight is 236 g/mol. The summed E-state index contributed by atoms with van der Waals surface area (Å²) in [4.78, 5) is 10.2. The molecule has 0 spiro atoms. The maximum atomic E-state index is 10.2. The fourth-order valence-electron chi connectivity index (χ4n) is 1.72. The quantitative estimate of drug-likeness (QED) is 0.412. The number of hydrogen-bond acceptors (Lipinski definition) is 3. The lowest BCUT2D eigenvalue weighted by atomic mass is 10.1. The van der Waals surface area contributed by atoms with Crippen LogP contribution < -0.4 is 11.1 Å². The van der Waals surface area contributed by atoms with Crippen molar-refractivity contribution in [3.8, 4) is 0 Å². The van der Waals surface area contributed by atoms with E-state index in [1.54, 1.807) is 0 Å². The van der Waals surface area contributed by atoms with Crippen molar-refractivity contribution in [1.82, 2.24) is 15.1 Å². The fourth-order valence-corrected chi connectivity index (χ4v) is 1.72. The van der Waals surface area contributed by atoms with Gasteiger partial charge >= 0.3 is 0 Å². The van der Waals surface area contributed by atoms with Gasteiger partial charge in [0, 0.05) is 24.7 Å². The van der Waals surface area contributed by atoms with Crippen molar-refractivity contribution in [1.29, 1.82) is 0 Å². The molecule has 1 aromatic rings. The van der Waals surface area contributed by atoms with E-state index in [-0.39, 0.29) is 5.92 Å². The van der Waals surface area contributed by atoms with E-state index in [2.05, 4.69) is 29.5 Å². The van der Waals surface area contributed by atoms with Crippen molar-refractivity contribution >= 4 is 6.41 Å². The first kappa shape index (κ1) is 13.4. The Morgan fingerprint density at radius 2 is 2.41 bits per heavy atom. The van der Waals surface area contributed by atoms with E-state index >= 15 is 0 Å². The Morgan fingerprint density at radius 3 is 3.06 bits per heavy atom. The minimum atomic E-state index is 0.274. The minimum absolute atomic E-state index is 0.274. The molecule has 0 bridgehead atoms. The number of rotatable bonds is 7. The van der Waals surface area contributed by atoms with Crippen LogP contribution >= 0.6 is 0 Å². The Labute approximate surface area is 102 Å². The maximum Gasteiger partial charge on any atom is 0.207 e. The molecule has 0 aromatic carbocycles. The van der Waals surface area contributed by atoms with Crippen LogP contribution in [0.3, 0.4) is 0 Å². The molecule has 0 saturated heterocycles. The van der Waals surface area contributed by atoms with Gasteiger partial charge in [-0.05, 0) is 13.0 Å². The zero-order valence-corrected chi connectivity index (χ0v) is 10.4. The van der Waals surface area contributed by atoms with Crippen LogP contribution in [0, 0.1) is 6.92 Å². The summed E-state index contributed by atoms with van der Waals surface area (Å²) in [7, 11) is 0. The molecular formula is C12H20N4O. The maximum absolute atomic E-state index is 10.2. The molecule has 94 valence electrons. The topological polar surface area (TPSA) is 72.9 Å². The Balaban J connectivity index is 2.75. The van der Waals surface area contributed by atoms with Gasteiger partial charge in [0.2, 0.25) is 6.41 Å². The van der Waals surface area contributed by atoms with Crippen molar-refractivity contribution in [3.63, 3.8) is 0 Å². The monoisotopic (exact) mass is 236 g/mol. The van der Waals surface area contributed by atoms with Crippen molar-refractivity contribution in [3.05, 3.63) is 29.6 Å². The molecule has 1 atom stereocenters. The first-order chi connectivity index (χ1) is 8.19. The molecule has 1 aromatic heterocycles. The van der Waals surface area contributed by atoms with Gasteiger partial charge in [-0.15, -0.1) is 0 Å². The molecule has 17 heavy (non-hydrogen) atoms. The van der Waals surface area contributed by atoms with Gasteiger partial charge in [-0.3, -0.25) is 9.48 Å². The number of nitrogens with two attached hydrogens (primary N) is 1. The highest BCUT2D eigenvalue weighted by Crippen LogP contribution is 2.17. The standard InChI is InChI=1S/C12H20N4O/c1-10(4-3-5-13)12-8-11(2)15-16(12)7-6-14-9-17/h3-4,8-10H,5-7,13H2,1-2H3,(H,14,17)/b4-3+. The van der Waals surface area contributed by atoms with E-state index in [1.165, 1.54) is 0 Å². The minimum Gasteiger partial charge on any atom is -0.357 e. The van der Waals surface area contributed by atoms with E-state index in [0.717, 1.165) is 11.4 Å². The second-order valence-corrected chi connectivity index (χ2v) is 3.96. The van der Waals surface area contributed by atoms with Crippen molar-refractivity contribution in [2.45, 2.75) is 26.3 Å². The molecule has 5 nitrogen and oxygen atoms in total. The number of aryl methyl sites for hydroxylation is 1. The first-order valence-corrected chi connectivity index (χ1v) is 5.77. The first-order valence-electron chi connectivity index (χ1n) is 5.77. The second-order valence-electron chi connectivity index (χ2n) is 3.96. The van der Waals surface area contributed by atoms with Crippen LogP contribution in [-0.2, 0) is 11.3 Å². The van der Waals surface area contributed by atoms with Gasteiger partial charge in [0.1, 0.15) is 0 Å². The molecular weight excluding hydrogens is 216 g/mol. The zero-order valence-electron chi connectivity index (χ0n) is 10.4. The van der Waals surface area contributed by atoms with Crippen LogP contribution in [0.4, 0.5) is 0 Å². The summed E-state index contributed by atoms with van der Waals surface area (Å²) < 4.78 is 1.93. The summed E-state index contributed by atoms with van der Waals surface area (Å²) in [6.07, 6.45) is 4.72. The second kappa shape index (κ2) is 6.85. The lowest BCUT2D eigenvalue weighted by Crippen LogP contribution is -2.20. The lowest BCUT2D eigenvalue weighted by molar-refractivity contribution is -0.109. The van der Waals surface area contributed by atoms with Crippen LogP contribution in [0.1, 0.15) is 24.2 Å². The molecule has 1 heterocycles. The Morgan fingerprint density at radius 1 is 1.65 bits per heavy atom. The van der Waals surface area contributed by atoms with E-state index in [4.69, 9.17) is 5.73 Å². The SMILES string of the molecule is Cc1cc(C(C)/C=C/CN)n(CCNC=O)n1. The lowest BCUT2D eigenvalue weighted by Gasteiger charge is -2.10. The number of allylic oxidation sites excluding steroid dienone is 1. The van der Waals surface area contributed by atoms with Gasteiger partial charge in [-0.2, -0.15) is 5.10 Å². The van der Waals surface area contributed by atoms with E-state index in [0.29, 0.717) is 26.0 Å². The summed E-state index contributed by atoms with van der Waals surface area (Å²) in [6.45, 7) is 5.89. The van der Waals surface area contributed by atoms with Crippen molar-refractivity contribution in [2.75, 3.05) is 13.1 Å². The summed E-state index contributed by atoms with van der Waals surface area (Å²) >= 11 is 0. The highest BCUT2D eigenvalue weighted by Gasteiger charge is 2.10. The van der Waals surface area contributed by atoms with Gasteiger partial charge in [-0.1, -0.05) is 19.1 Å². The van der Waals surface area contributed by atoms with Crippen LogP contribution in [0.5, 0.6) is 0 Å². The molecule has 1 rings (SSSR count). The number of nitrogens with zero attached hydrogens (tertiary/aromatic N) is 2. The highest BCUT2D eigenvalue weighted by atomic mass is 16.1. The molecule has 0 aliphatic heterocycles. The molecule has 0 radical (unpaired) electrons. The molecule has 5 heteroatoms. The van der Waals surface area contributed by atoms with Crippen molar-refractivity contribution in [2.24, 2.45) is 5.73 Å². The predicted octanol–water partition coefficient (Wildman–Crippen LogP) is 0.556. The van der Waals surface area contributed by atoms with Gasteiger partial charge in [0.25, 0.3) is 0 Å². The number of hydrogen-bond donors (Lipinski definition) is 2. The van der Waals surface area contributed by atoms with Gasteiger partial charge in [0.15, 0.2) is 0 Å². The highest BCUT2D eigenvalue weighted by molar-refractivity contribution is 5.45. The molecule has 1 unspecified atom stereocenters. The summed E-state index contributed by atoms with van der Waals surface area (Å²) in [5, 5.41) is 7.04. The zero-order chi connectivity index (χ0) is 12.7. The van der Waals surface area contributed by atoms with Crippen LogP contribution in [0.25, 0.3) is 0 Å². The third kappa shape index (κ3) is 4.03. The largest absolute Gasteiger partial charge is 0.357 e. The summed E-state index contributed by atoms with van der Waals surface area (Å²) in [6, 6.07) is 2.06. The molecule has 1 amide bonds. The number of aromatic nitrogens is 2. The molecule has 0 saturated carbocycles. The summed E-state index contributed by atoms with van der Waals surface area (Å²) in [5.41, 5.74) is 7.56. The molecule has 0 fully saturated rings. The number of amides is 1. The normalized spacial score (nSPS) is 12.9. The Hall–Kier alpha value is -1.62. The van der Waals surface area contributed by atoms with Crippen LogP contribution in [-0.4, -0.2) is 29.3 Å². The third-order valence-electron chi connectivity index (χ3n) is 2.51. The molecule has 0 aliphatic rings. The summed E-state index contributed by atoms with van der Waals surface area (Å²) in [5.74, 6) is 0.274. The molecule has 3 N–H and O–H groups in total. The Bertz CT molecular complexity index is 384. The number of carbonyl (C=O) groups is 1. The third-order valence-corrected chi connectivity index (χ3v) is 2.51. The van der Waals surface area contributed by atoms with Gasteiger partial charge < -0.3 is 11.1 Å². The smallest absolute Gasteiger partial charge is 0.207 e. The van der Waals surface area contributed by atoms with Gasteiger partial charge in [-0.25, -0.2) is 0 Å². The number of carbonyl (C=O) groups excluding carboxylic acids is 1. The van der Waals surface area contributed by atoms with Crippen molar-refractivity contribution < 1.29 is 4.79 Å². The van der Waals surface area contributed by atoms with E-state index < -0.39 is 0 Å².